The van der Waals surface area contributed by atoms with E-state index in [1.807, 2.05) is 30.3 Å². The zero-order valence-corrected chi connectivity index (χ0v) is 12.7. The predicted molar refractivity (Wildman–Crippen MR) is 79.5 cm³/mol. The van der Waals surface area contributed by atoms with Crippen molar-refractivity contribution in [3.63, 3.8) is 0 Å². The number of carbonyl (C=O) groups is 1. The van der Waals surface area contributed by atoms with Crippen LogP contribution in [0.5, 0.6) is 0 Å². The Bertz CT molecular complexity index is 488. The molecule has 0 aliphatic carbocycles. The zero-order valence-electron chi connectivity index (χ0n) is 12.7. The summed E-state index contributed by atoms with van der Waals surface area (Å²) in [7, 11) is 0. The van der Waals surface area contributed by atoms with Crippen LogP contribution < -0.4 is 5.32 Å². The van der Waals surface area contributed by atoms with E-state index >= 15 is 0 Å². The molecule has 1 aromatic rings. The summed E-state index contributed by atoms with van der Waals surface area (Å²) in [5.74, 6) is 0. The second kappa shape index (κ2) is 7.65. The Hall–Kier alpha value is -2.06. The molecule has 1 aromatic carbocycles. The number of benzene rings is 1. The van der Waals surface area contributed by atoms with Crippen molar-refractivity contribution in [3.8, 4) is 6.07 Å². The van der Waals surface area contributed by atoms with E-state index in [2.05, 4.69) is 5.32 Å². The highest BCUT2D eigenvalue weighted by Crippen LogP contribution is 2.10. The van der Waals surface area contributed by atoms with Crippen LogP contribution in [-0.2, 0) is 11.2 Å². The average molecular weight is 290 g/mol. The molecule has 0 heterocycles. The van der Waals surface area contributed by atoms with Crippen molar-refractivity contribution in [2.45, 2.75) is 51.4 Å². The van der Waals surface area contributed by atoms with E-state index in [1.54, 1.807) is 26.8 Å². The van der Waals surface area contributed by atoms with Gasteiger partial charge in [-0.2, -0.15) is 5.26 Å². The highest BCUT2D eigenvalue weighted by molar-refractivity contribution is 5.68. The number of amides is 1. The van der Waals surface area contributed by atoms with Crippen LogP contribution >= 0.6 is 0 Å². The number of aliphatic hydroxyl groups is 1. The van der Waals surface area contributed by atoms with E-state index in [0.717, 1.165) is 5.56 Å². The van der Waals surface area contributed by atoms with E-state index in [4.69, 9.17) is 10.00 Å². The van der Waals surface area contributed by atoms with Gasteiger partial charge in [0.2, 0.25) is 0 Å². The second-order valence-electron chi connectivity index (χ2n) is 5.85. The fraction of sp³-hybridized carbons (Fsp3) is 0.500. The Morgan fingerprint density at radius 2 is 2.00 bits per heavy atom. The largest absolute Gasteiger partial charge is 0.444 e. The Morgan fingerprint density at radius 3 is 2.52 bits per heavy atom. The van der Waals surface area contributed by atoms with Crippen LogP contribution in [0.15, 0.2) is 30.3 Å². The molecule has 0 radical (unpaired) electrons. The highest BCUT2D eigenvalue weighted by atomic mass is 16.6. The number of aryl methyl sites for hydroxylation is 1. The summed E-state index contributed by atoms with van der Waals surface area (Å²) in [5, 5.41) is 21.1. The van der Waals surface area contributed by atoms with E-state index in [0.29, 0.717) is 12.8 Å². The van der Waals surface area contributed by atoms with Gasteiger partial charge in [-0.05, 0) is 39.2 Å². The highest BCUT2D eigenvalue weighted by Gasteiger charge is 2.24. The van der Waals surface area contributed by atoms with Crippen molar-refractivity contribution in [2.75, 3.05) is 0 Å². The maximum atomic E-state index is 11.7. The lowest BCUT2D eigenvalue weighted by molar-refractivity contribution is 0.0454. The summed E-state index contributed by atoms with van der Waals surface area (Å²) < 4.78 is 5.14. The van der Waals surface area contributed by atoms with Gasteiger partial charge in [0.05, 0.1) is 12.1 Å². The lowest BCUT2D eigenvalue weighted by Crippen LogP contribution is -2.45. The average Bonchev–Trinajstić information content (AvgIpc) is 2.41. The van der Waals surface area contributed by atoms with Crippen molar-refractivity contribution in [3.05, 3.63) is 35.9 Å². The lowest BCUT2D eigenvalue weighted by atomic mass is 10.0. The third kappa shape index (κ3) is 6.77. The number of nitriles is 1. The third-order valence-electron chi connectivity index (χ3n) is 2.80. The fourth-order valence-electron chi connectivity index (χ4n) is 1.82. The molecule has 1 rings (SSSR count). The van der Waals surface area contributed by atoms with Crippen LogP contribution in [0.4, 0.5) is 4.79 Å². The van der Waals surface area contributed by atoms with Gasteiger partial charge in [0.1, 0.15) is 5.60 Å². The van der Waals surface area contributed by atoms with E-state index < -0.39 is 23.8 Å². The van der Waals surface area contributed by atoms with Gasteiger partial charge < -0.3 is 15.2 Å². The second-order valence-corrected chi connectivity index (χ2v) is 5.85. The van der Waals surface area contributed by atoms with Crippen molar-refractivity contribution < 1.29 is 14.6 Å². The first-order valence-electron chi connectivity index (χ1n) is 6.93. The van der Waals surface area contributed by atoms with Crippen molar-refractivity contribution in [1.29, 1.82) is 5.26 Å². The smallest absolute Gasteiger partial charge is 0.407 e. The normalized spacial score (nSPS) is 13.9. The third-order valence-corrected chi connectivity index (χ3v) is 2.80. The van der Waals surface area contributed by atoms with Gasteiger partial charge in [-0.1, -0.05) is 30.3 Å². The first-order chi connectivity index (χ1) is 9.81. The standard InChI is InChI=1S/C16H22N2O3/c1-16(2,3)21-15(20)18-13(14(19)11-17)10-9-12-7-5-4-6-8-12/h4-8,13-14,19H,9-10H2,1-3H3,(H,18,20)/t13-,14?/m1/s1. The minimum absolute atomic E-state index is 0.456. The van der Waals surface area contributed by atoms with Crippen LogP contribution in [0, 0.1) is 11.3 Å². The van der Waals surface area contributed by atoms with Gasteiger partial charge in [-0.3, -0.25) is 0 Å². The van der Waals surface area contributed by atoms with E-state index in [9.17, 15) is 9.90 Å². The molecule has 5 nitrogen and oxygen atoms in total. The summed E-state index contributed by atoms with van der Waals surface area (Å²) in [6, 6.07) is 10.8. The molecule has 0 spiro atoms. The summed E-state index contributed by atoms with van der Waals surface area (Å²) in [6.07, 6.45) is -0.783. The number of ether oxygens (including phenoxy) is 1. The molecule has 0 bridgehead atoms. The van der Waals surface area contributed by atoms with Gasteiger partial charge in [-0.25, -0.2) is 4.79 Å². The lowest BCUT2D eigenvalue weighted by Gasteiger charge is -2.24. The molecule has 0 aromatic heterocycles. The van der Waals surface area contributed by atoms with Gasteiger partial charge in [-0.15, -0.1) is 0 Å². The van der Waals surface area contributed by atoms with Crippen molar-refractivity contribution >= 4 is 6.09 Å². The maximum absolute atomic E-state index is 11.7. The molecule has 0 saturated heterocycles. The number of carbonyl (C=O) groups excluding carboxylic acids is 1. The van der Waals surface area contributed by atoms with Crippen LogP contribution in [0.3, 0.4) is 0 Å². The summed E-state index contributed by atoms with van der Waals surface area (Å²) in [5.41, 5.74) is 0.463. The van der Waals surface area contributed by atoms with Crippen molar-refractivity contribution in [1.82, 2.24) is 5.32 Å². The Balaban J connectivity index is 2.60. The molecule has 2 N–H and O–H groups in total. The quantitative estimate of drug-likeness (QED) is 0.816. The number of hydrogen-bond donors (Lipinski definition) is 2. The zero-order chi connectivity index (χ0) is 15.9. The van der Waals surface area contributed by atoms with Crippen LogP contribution in [0.2, 0.25) is 0 Å². The molecule has 0 aliphatic heterocycles. The topological polar surface area (TPSA) is 82.3 Å². The predicted octanol–water partition coefficient (Wildman–Crippen LogP) is 2.40. The Kier molecular flexibility index (Phi) is 6.19. The SMILES string of the molecule is CC(C)(C)OC(=O)N[C@H](CCc1ccccc1)C(O)C#N. The molecule has 0 aliphatic rings. The first kappa shape index (κ1) is 17.0. The monoisotopic (exact) mass is 290 g/mol. The molecule has 0 saturated carbocycles. The Morgan fingerprint density at radius 1 is 1.38 bits per heavy atom. The van der Waals surface area contributed by atoms with Gasteiger partial charge in [0, 0.05) is 0 Å². The number of aliphatic hydroxyl groups excluding tert-OH is 1. The molecular formula is C16H22N2O3. The fourth-order valence-corrected chi connectivity index (χ4v) is 1.82. The summed E-state index contributed by atoms with van der Waals surface area (Å²) in [6.45, 7) is 5.27. The number of nitrogens with zero attached hydrogens (tertiary/aromatic N) is 1. The van der Waals surface area contributed by atoms with Gasteiger partial charge >= 0.3 is 6.09 Å². The molecule has 114 valence electrons. The van der Waals surface area contributed by atoms with Gasteiger partial charge in [0.25, 0.3) is 0 Å². The molecule has 1 unspecified atom stereocenters. The van der Waals surface area contributed by atoms with Crippen LogP contribution in [0.25, 0.3) is 0 Å². The number of alkyl carbamates (subject to hydrolysis) is 1. The van der Waals surface area contributed by atoms with Crippen LogP contribution in [0.1, 0.15) is 32.8 Å². The number of hydrogen-bond acceptors (Lipinski definition) is 4. The minimum atomic E-state index is -1.26. The van der Waals surface area contributed by atoms with E-state index in [1.165, 1.54) is 0 Å². The van der Waals surface area contributed by atoms with Gasteiger partial charge in [0.15, 0.2) is 6.10 Å². The number of nitrogens with one attached hydrogen (secondary N) is 1. The van der Waals surface area contributed by atoms with Crippen molar-refractivity contribution in [2.24, 2.45) is 0 Å². The first-order valence-corrected chi connectivity index (χ1v) is 6.93. The van der Waals surface area contributed by atoms with Crippen LogP contribution in [-0.4, -0.2) is 28.9 Å². The summed E-state index contributed by atoms with van der Waals surface area (Å²) >= 11 is 0. The molecule has 21 heavy (non-hydrogen) atoms. The molecule has 0 fully saturated rings. The number of rotatable bonds is 5. The summed E-state index contributed by atoms with van der Waals surface area (Å²) in [4.78, 5) is 11.7. The minimum Gasteiger partial charge on any atom is -0.444 e. The molecule has 5 heteroatoms. The Labute approximate surface area is 125 Å². The molecular weight excluding hydrogens is 268 g/mol. The molecule has 2 atom stereocenters. The maximum Gasteiger partial charge on any atom is 0.407 e. The molecule has 1 amide bonds. The van der Waals surface area contributed by atoms with E-state index in [-0.39, 0.29) is 0 Å².